The quantitative estimate of drug-likeness (QED) is 0.552. The zero-order valence-electron chi connectivity index (χ0n) is 14.1. The second-order valence-electron chi connectivity index (χ2n) is 8.88. The molecule has 4 aliphatic carbocycles. The Morgan fingerprint density at radius 3 is 2.24 bits per heavy atom. The van der Waals surface area contributed by atoms with Gasteiger partial charge in [-0.05, 0) is 74.5 Å². The zero-order chi connectivity index (χ0) is 15.4. The van der Waals surface area contributed by atoms with Crippen LogP contribution in [0.25, 0.3) is 0 Å². The van der Waals surface area contributed by atoms with Crippen LogP contribution >= 0.6 is 0 Å². The first-order valence-corrected chi connectivity index (χ1v) is 8.63. The van der Waals surface area contributed by atoms with Crippen LogP contribution in [-0.2, 0) is 9.53 Å². The maximum Gasteiger partial charge on any atom is 0.333 e. The minimum absolute atomic E-state index is 0.173. The minimum atomic E-state index is -0.208. The van der Waals surface area contributed by atoms with Gasteiger partial charge in [0.25, 0.3) is 0 Å². The van der Waals surface area contributed by atoms with Gasteiger partial charge in [0.1, 0.15) is 5.60 Å². The summed E-state index contributed by atoms with van der Waals surface area (Å²) in [5.74, 6) is 2.40. The molecule has 0 spiro atoms. The Labute approximate surface area is 129 Å². The molecule has 4 bridgehead atoms. The Balaban J connectivity index is 1.93. The Morgan fingerprint density at radius 2 is 1.81 bits per heavy atom. The van der Waals surface area contributed by atoms with E-state index in [1.165, 1.54) is 32.1 Å². The molecule has 118 valence electrons. The van der Waals surface area contributed by atoms with E-state index in [2.05, 4.69) is 27.4 Å². The summed E-state index contributed by atoms with van der Waals surface area (Å²) in [5.41, 5.74) is 0.839. The van der Waals surface area contributed by atoms with E-state index in [1.807, 2.05) is 0 Å². The third-order valence-electron chi connectivity index (χ3n) is 6.24. The van der Waals surface area contributed by atoms with Crippen LogP contribution in [0.15, 0.2) is 12.2 Å². The first-order chi connectivity index (χ1) is 9.74. The fourth-order valence-corrected chi connectivity index (χ4v) is 5.89. The van der Waals surface area contributed by atoms with E-state index in [0.29, 0.717) is 28.7 Å². The summed E-state index contributed by atoms with van der Waals surface area (Å²) >= 11 is 0. The number of carbonyl (C=O) groups is 1. The highest BCUT2D eigenvalue weighted by Crippen LogP contribution is 2.65. The van der Waals surface area contributed by atoms with Gasteiger partial charge in [0.05, 0.1) is 0 Å². The summed E-state index contributed by atoms with van der Waals surface area (Å²) in [6.45, 7) is 12.5. The summed E-state index contributed by atoms with van der Waals surface area (Å²) in [5, 5.41) is 0. The van der Waals surface area contributed by atoms with Crippen LogP contribution < -0.4 is 0 Å². The molecule has 0 heterocycles. The van der Waals surface area contributed by atoms with Crippen molar-refractivity contribution in [2.24, 2.45) is 29.1 Å². The van der Waals surface area contributed by atoms with Gasteiger partial charge in [-0.2, -0.15) is 0 Å². The highest BCUT2D eigenvalue weighted by Gasteiger charge is 2.62. The monoisotopic (exact) mass is 290 g/mol. The van der Waals surface area contributed by atoms with Gasteiger partial charge in [-0.3, -0.25) is 0 Å². The van der Waals surface area contributed by atoms with Crippen LogP contribution in [0.1, 0.15) is 66.2 Å². The lowest BCUT2D eigenvalue weighted by Crippen LogP contribution is -2.62. The van der Waals surface area contributed by atoms with Gasteiger partial charge in [-0.15, -0.1) is 0 Å². The van der Waals surface area contributed by atoms with Crippen molar-refractivity contribution in [3.8, 4) is 0 Å². The van der Waals surface area contributed by atoms with E-state index in [4.69, 9.17) is 4.74 Å². The Hall–Kier alpha value is -0.790. The summed E-state index contributed by atoms with van der Waals surface area (Å²) in [4.78, 5) is 12.3. The Morgan fingerprint density at radius 1 is 1.24 bits per heavy atom. The third-order valence-corrected chi connectivity index (χ3v) is 6.24. The molecule has 0 aromatic carbocycles. The number of hydrogen-bond acceptors (Lipinski definition) is 2. The molecule has 2 atom stereocenters. The summed E-state index contributed by atoms with van der Waals surface area (Å²) in [7, 11) is 0. The SMILES string of the molecule is C=C(C)C(=O)OC1(CC(C)C)C2CC3CC1CC(C)(C3)C2. The molecule has 0 aromatic heterocycles. The summed E-state index contributed by atoms with van der Waals surface area (Å²) < 4.78 is 6.19. The van der Waals surface area contributed by atoms with E-state index in [9.17, 15) is 4.79 Å². The van der Waals surface area contributed by atoms with Crippen LogP contribution in [-0.4, -0.2) is 11.6 Å². The normalized spacial score (nSPS) is 44.1. The van der Waals surface area contributed by atoms with Crippen molar-refractivity contribution in [3.63, 3.8) is 0 Å². The molecule has 4 fully saturated rings. The average Bonchev–Trinajstić information content (AvgIpc) is 2.32. The molecule has 0 aliphatic heterocycles. The van der Waals surface area contributed by atoms with Crippen molar-refractivity contribution >= 4 is 5.97 Å². The van der Waals surface area contributed by atoms with Crippen LogP contribution in [0.4, 0.5) is 0 Å². The molecular weight excluding hydrogens is 260 g/mol. The smallest absolute Gasteiger partial charge is 0.333 e. The van der Waals surface area contributed by atoms with Gasteiger partial charge in [-0.25, -0.2) is 4.79 Å². The molecular formula is C19H30O2. The van der Waals surface area contributed by atoms with Gasteiger partial charge in [0, 0.05) is 5.57 Å². The van der Waals surface area contributed by atoms with Gasteiger partial charge in [0.15, 0.2) is 0 Å². The van der Waals surface area contributed by atoms with Crippen LogP contribution in [0.2, 0.25) is 0 Å². The fraction of sp³-hybridized carbons (Fsp3) is 0.842. The first-order valence-electron chi connectivity index (χ1n) is 8.63. The Kier molecular flexibility index (Phi) is 3.50. The molecule has 0 radical (unpaired) electrons. The van der Waals surface area contributed by atoms with Crippen LogP contribution in [0.3, 0.4) is 0 Å². The van der Waals surface area contributed by atoms with Crippen molar-refractivity contribution in [2.75, 3.05) is 0 Å². The first kappa shape index (κ1) is 15.1. The van der Waals surface area contributed by atoms with Crippen LogP contribution in [0, 0.1) is 29.1 Å². The van der Waals surface area contributed by atoms with Crippen molar-refractivity contribution in [3.05, 3.63) is 12.2 Å². The molecule has 0 aromatic rings. The van der Waals surface area contributed by atoms with E-state index >= 15 is 0 Å². The number of hydrogen-bond donors (Lipinski definition) is 0. The van der Waals surface area contributed by atoms with Gasteiger partial charge < -0.3 is 4.74 Å². The van der Waals surface area contributed by atoms with Crippen molar-refractivity contribution in [1.29, 1.82) is 0 Å². The summed E-state index contributed by atoms with van der Waals surface area (Å²) in [6.07, 6.45) is 7.44. The molecule has 4 saturated carbocycles. The van der Waals surface area contributed by atoms with Gasteiger partial charge >= 0.3 is 5.97 Å². The molecule has 21 heavy (non-hydrogen) atoms. The fourth-order valence-electron chi connectivity index (χ4n) is 5.89. The van der Waals surface area contributed by atoms with E-state index in [-0.39, 0.29) is 11.6 Å². The molecule has 2 heteroatoms. The predicted octanol–water partition coefficient (Wildman–Crippen LogP) is 4.74. The number of ether oxygens (including phenoxy) is 1. The topological polar surface area (TPSA) is 26.3 Å². The lowest BCUT2D eigenvalue weighted by molar-refractivity contribution is -0.225. The molecule has 2 nitrogen and oxygen atoms in total. The predicted molar refractivity (Wildman–Crippen MR) is 84.8 cm³/mol. The molecule has 2 unspecified atom stereocenters. The number of carbonyl (C=O) groups excluding carboxylic acids is 1. The minimum Gasteiger partial charge on any atom is -0.455 e. The largest absolute Gasteiger partial charge is 0.455 e. The molecule has 4 rings (SSSR count). The Bertz CT molecular complexity index is 446. The van der Waals surface area contributed by atoms with Crippen molar-refractivity contribution in [1.82, 2.24) is 0 Å². The van der Waals surface area contributed by atoms with E-state index in [1.54, 1.807) is 6.92 Å². The zero-order valence-corrected chi connectivity index (χ0v) is 14.1. The lowest BCUT2D eigenvalue weighted by atomic mass is 9.44. The second-order valence-corrected chi connectivity index (χ2v) is 8.88. The number of rotatable bonds is 4. The maximum atomic E-state index is 12.3. The third kappa shape index (κ3) is 2.45. The highest BCUT2D eigenvalue weighted by atomic mass is 16.6. The van der Waals surface area contributed by atoms with Crippen molar-refractivity contribution < 1.29 is 9.53 Å². The maximum absolute atomic E-state index is 12.3. The van der Waals surface area contributed by atoms with E-state index < -0.39 is 0 Å². The van der Waals surface area contributed by atoms with Crippen LogP contribution in [0.5, 0.6) is 0 Å². The molecule has 0 amide bonds. The average molecular weight is 290 g/mol. The van der Waals surface area contributed by atoms with E-state index in [0.717, 1.165) is 12.3 Å². The van der Waals surface area contributed by atoms with Gasteiger partial charge in [-0.1, -0.05) is 27.4 Å². The second kappa shape index (κ2) is 4.86. The summed E-state index contributed by atoms with van der Waals surface area (Å²) in [6, 6.07) is 0. The van der Waals surface area contributed by atoms with Crippen molar-refractivity contribution in [2.45, 2.75) is 71.8 Å². The lowest BCUT2D eigenvalue weighted by Gasteiger charge is -2.64. The molecule has 0 N–H and O–H groups in total. The standard InChI is InChI=1S/C19H30O2/c1-12(2)8-19(21-17(20)13(3)4)15-6-14-7-16(19)11-18(5,9-14)10-15/h12,14-16H,3,6-11H2,1-2,4-5H3. The van der Waals surface area contributed by atoms with Gasteiger partial charge in [0.2, 0.25) is 0 Å². The molecule has 0 saturated heterocycles. The number of esters is 1. The highest BCUT2D eigenvalue weighted by molar-refractivity contribution is 5.87. The molecule has 4 aliphatic rings.